The van der Waals surface area contributed by atoms with Gasteiger partial charge in [-0.05, 0) is 50.2 Å². The third-order valence-electron chi connectivity index (χ3n) is 8.41. The van der Waals surface area contributed by atoms with Gasteiger partial charge in [-0.1, -0.05) is 45.4 Å². The van der Waals surface area contributed by atoms with E-state index in [9.17, 15) is 19.5 Å². The van der Waals surface area contributed by atoms with Crippen LogP contribution in [0.15, 0.2) is 18.2 Å². The van der Waals surface area contributed by atoms with Gasteiger partial charge >= 0.3 is 0 Å². The van der Waals surface area contributed by atoms with Crippen molar-refractivity contribution in [2.45, 2.75) is 82.4 Å². The highest BCUT2D eigenvalue weighted by atomic mass is 32.2. The summed E-state index contributed by atoms with van der Waals surface area (Å²) in [5, 5.41) is 16.6. The molecule has 0 aromatic heterocycles. The number of anilines is 1. The smallest absolute Gasteiger partial charge is 0.248 e. The second kappa shape index (κ2) is 10.1. The van der Waals surface area contributed by atoms with Gasteiger partial charge in [-0.15, -0.1) is 11.8 Å². The summed E-state index contributed by atoms with van der Waals surface area (Å²) in [6.07, 6.45) is 3.13. The number of likely N-dealkylation sites (tertiary alicyclic amines) is 1. The van der Waals surface area contributed by atoms with E-state index >= 15 is 0 Å². The van der Waals surface area contributed by atoms with E-state index in [-0.39, 0.29) is 35.5 Å². The zero-order valence-corrected chi connectivity index (χ0v) is 22.3. The van der Waals surface area contributed by atoms with Crippen molar-refractivity contribution in [3.8, 4) is 0 Å². The quantitative estimate of drug-likeness (QED) is 0.482. The molecular formula is C27H39N3O4S. The minimum absolute atomic E-state index is 0.0178. The van der Waals surface area contributed by atoms with Crippen LogP contribution in [0.5, 0.6) is 0 Å². The van der Waals surface area contributed by atoms with Crippen LogP contribution in [0.1, 0.15) is 57.6 Å². The van der Waals surface area contributed by atoms with Crippen molar-refractivity contribution in [3.05, 3.63) is 29.3 Å². The van der Waals surface area contributed by atoms with Gasteiger partial charge < -0.3 is 20.6 Å². The molecule has 0 saturated carbocycles. The molecule has 3 amide bonds. The molecule has 4 rings (SSSR count). The molecule has 3 aliphatic rings. The maximum absolute atomic E-state index is 14.1. The molecule has 3 saturated heterocycles. The predicted molar refractivity (Wildman–Crippen MR) is 139 cm³/mol. The van der Waals surface area contributed by atoms with Crippen LogP contribution in [0, 0.1) is 31.6 Å². The van der Waals surface area contributed by atoms with Crippen molar-refractivity contribution < 1.29 is 19.5 Å². The van der Waals surface area contributed by atoms with Crippen molar-refractivity contribution in [3.63, 3.8) is 0 Å². The van der Waals surface area contributed by atoms with E-state index in [2.05, 4.69) is 10.6 Å². The number of hydrogen-bond donors (Lipinski definition) is 3. The third kappa shape index (κ3) is 4.16. The number of nitrogens with zero attached hydrogens (tertiary/aromatic N) is 1. The van der Waals surface area contributed by atoms with Gasteiger partial charge in [0.2, 0.25) is 17.7 Å². The Morgan fingerprint density at radius 2 is 1.91 bits per heavy atom. The minimum atomic E-state index is -0.732. The molecule has 2 bridgehead atoms. The lowest BCUT2D eigenvalue weighted by Crippen LogP contribution is -2.56. The number of nitrogens with one attached hydrogen (secondary N) is 2. The Morgan fingerprint density at radius 3 is 2.51 bits per heavy atom. The molecule has 3 fully saturated rings. The molecule has 192 valence electrons. The topological polar surface area (TPSA) is 98.7 Å². The lowest BCUT2D eigenvalue weighted by Gasteiger charge is -2.39. The predicted octanol–water partition coefficient (Wildman–Crippen LogP) is 3.27. The van der Waals surface area contributed by atoms with Crippen molar-refractivity contribution in [2.75, 3.05) is 18.5 Å². The molecule has 1 aromatic carbocycles. The number of carbonyl (C=O) groups is 3. The van der Waals surface area contributed by atoms with Crippen LogP contribution < -0.4 is 10.6 Å². The molecule has 3 aliphatic heterocycles. The van der Waals surface area contributed by atoms with E-state index in [0.717, 1.165) is 42.5 Å². The first kappa shape index (κ1) is 26.0. The molecule has 7 nitrogen and oxygen atoms in total. The van der Waals surface area contributed by atoms with E-state index in [0.29, 0.717) is 6.54 Å². The van der Waals surface area contributed by atoms with E-state index in [1.54, 1.807) is 16.7 Å². The molecule has 1 aromatic rings. The summed E-state index contributed by atoms with van der Waals surface area (Å²) in [6, 6.07) is 4.67. The number of hydrogen-bond acceptors (Lipinski definition) is 5. The van der Waals surface area contributed by atoms with Crippen LogP contribution >= 0.6 is 11.8 Å². The SMILES string of the molecule is CCCNC(=O)[C@@H]1[C@@H]2CCC3(S2)C(C(=O)Nc2c(C)cccc2C)N([C@@H](CO)[C@@H](C)CC)C(=O)[C@H]13. The summed E-state index contributed by atoms with van der Waals surface area (Å²) in [5.41, 5.74) is 2.69. The number of carbonyl (C=O) groups excluding carboxylic acids is 3. The van der Waals surface area contributed by atoms with Crippen LogP contribution in [0.4, 0.5) is 5.69 Å². The maximum atomic E-state index is 14.1. The molecule has 0 aliphatic carbocycles. The van der Waals surface area contributed by atoms with Gasteiger partial charge in [-0.2, -0.15) is 0 Å². The fourth-order valence-corrected chi connectivity index (χ4v) is 8.64. The van der Waals surface area contributed by atoms with Gasteiger partial charge in [-0.25, -0.2) is 0 Å². The number of para-hydroxylation sites is 1. The Labute approximate surface area is 212 Å². The first-order valence-corrected chi connectivity index (χ1v) is 13.8. The van der Waals surface area contributed by atoms with Crippen molar-refractivity contribution >= 4 is 35.2 Å². The monoisotopic (exact) mass is 501 g/mol. The molecule has 0 radical (unpaired) electrons. The number of benzene rings is 1. The molecule has 7 atom stereocenters. The Morgan fingerprint density at radius 1 is 1.23 bits per heavy atom. The fraction of sp³-hybridized carbons (Fsp3) is 0.667. The van der Waals surface area contributed by atoms with E-state index in [4.69, 9.17) is 0 Å². The highest BCUT2D eigenvalue weighted by Crippen LogP contribution is 2.66. The van der Waals surface area contributed by atoms with Crippen LogP contribution in [-0.4, -0.2) is 63.0 Å². The molecule has 3 heterocycles. The number of aliphatic hydroxyl groups excluding tert-OH is 1. The number of fused-ring (bicyclic) bond motifs is 1. The highest BCUT2D eigenvalue weighted by molar-refractivity contribution is 8.02. The third-order valence-corrected chi connectivity index (χ3v) is 10.4. The van der Waals surface area contributed by atoms with E-state index in [1.165, 1.54) is 0 Å². The van der Waals surface area contributed by atoms with Crippen LogP contribution in [0.25, 0.3) is 0 Å². The fourth-order valence-electron chi connectivity index (χ4n) is 6.43. The van der Waals surface area contributed by atoms with Crippen molar-refractivity contribution in [2.24, 2.45) is 17.8 Å². The largest absolute Gasteiger partial charge is 0.394 e. The van der Waals surface area contributed by atoms with Crippen LogP contribution in [-0.2, 0) is 14.4 Å². The summed E-state index contributed by atoms with van der Waals surface area (Å²) in [6.45, 7) is 10.3. The second-order valence-corrected chi connectivity index (χ2v) is 12.1. The second-order valence-electron chi connectivity index (χ2n) is 10.5. The van der Waals surface area contributed by atoms with E-state index < -0.39 is 28.7 Å². The number of rotatable bonds is 9. The van der Waals surface area contributed by atoms with Gasteiger partial charge in [0.1, 0.15) is 6.04 Å². The molecular weight excluding hydrogens is 462 g/mol. The number of amides is 3. The molecule has 1 spiro atoms. The zero-order chi connectivity index (χ0) is 25.5. The van der Waals surface area contributed by atoms with Gasteiger partial charge in [0, 0.05) is 17.5 Å². The zero-order valence-electron chi connectivity index (χ0n) is 21.5. The van der Waals surface area contributed by atoms with Gasteiger partial charge in [-0.3, -0.25) is 14.4 Å². The Bertz CT molecular complexity index is 980. The number of aryl methyl sites for hydroxylation is 2. The lowest BCUT2D eigenvalue weighted by molar-refractivity contribution is -0.143. The molecule has 3 N–H and O–H groups in total. The average Bonchev–Trinajstić information content (AvgIpc) is 3.48. The normalized spacial score (nSPS) is 30.8. The summed E-state index contributed by atoms with van der Waals surface area (Å²) >= 11 is 1.66. The van der Waals surface area contributed by atoms with Crippen molar-refractivity contribution in [1.29, 1.82) is 0 Å². The standard InChI is InChI=1S/C27H39N3O4S/c1-6-13-28-24(32)20-19-11-12-27(35-19)21(20)26(34)30(18(14-31)15(3)7-2)23(27)25(33)29-22-16(4)9-8-10-17(22)5/h8-10,15,18-21,23,31H,6-7,11-14H2,1-5H3,(H,28,32)(H,29,33)/t15-,18-,19-,20+,21-,23?,27?/m0/s1. The first-order chi connectivity index (χ1) is 16.7. The minimum Gasteiger partial charge on any atom is -0.394 e. The average molecular weight is 502 g/mol. The van der Waals surface area contributed by atoms with Gasteiger partial charge in [0.15, 0.2) is 0 Å². The summed E-state index contributed by atoms with van der Waals surface area (Å²) in [5.74, 6) is -1.42. The Balaban J connectivity index is 1.77. The van der Waals surface area contributed by atoms with Crippen LogP contribution in [0.3, 0.4) is 0 Å². The molecule has 35 heavy (non-hydrogen) atoms. The number of thioether (sulfide) groups is 1. The number of aliphatic hydroxyl groups is 1. The summed E-state index contributed by atoms with van der Waals surface area (Å²) in [4.78, 5) is 43.1. The van der Waals surface area contributed by atoms with E-state index in [1.807, 2.05) is 52.8 Å². The Kier molecular flexibility index (Phi) is 7.53. The highest BCUT2D eigenvalue weighted by Gasteiger charge is 2.74. The summed E-state index contributed by atoms with van der Waals surface area (Å²) < 4.78 is -0.655. The molecule has 8 heteroatoms. The van der Waals surface area contributed by atoms with Crippen LogP contribution in [0.2, 0.25) is 0 Å². The first-order valence-electron chi connectivity index (χ1n) is 13.0. The van der Waals surface area contributed by atoms with Gasteiger partial charge in [0.25, 0.3) is 0 Å². The summed E-state index contributed by atoms with van der Waals surface area (Å²) in [7, 11) is 0. The molecule has 2 unspecified atom stereocenters. The van der Waals surface area contributed by atoms with Crippen molar-refractivity contribution in [1.82, 2.24) is 10.2 Å². The maximum Gasteiger partial charge on any atom is 0.248 e. The lowest BCUT2D eigenvalue weighted by atomic mass is 9.70. The Hall–Kier alpha value is -2.06. The van der Waals surface area contributed by atoms with Gasteiger partial charge in [0.05, 0.1) is 29.2 Å².